The number of carbonyl (C=O) groups is 2. The minimum absolute atomic E-state index is 0.00871. The third-order valence-electron chi connectivity index (χ3n) is 3.03. The number of hydrogen-bond acceptors (Lipinski definition) is 4. The lowest BCUT2D eigenvalue weighted by molar-refractivity contribution is -0.153. The van der Waals surface area contributed by atoms with Gasteiger partial charge in [-0.1, -0.05) is 13.8 Å². The predicted octanol–water partition coefficient (Wildman–Crippen LogP) is 0.218. The fraction of sp³-hybridized carbons (Fsp3) is 0.800. The highest BCUT2D eigenvalue weighted by Crippen LogP contribution is 2.53. The Bertz CT molecular complexity index is 302. The van der Waals surface area contributed by atoms with Crippen molar-refractivity contribution in [3.8, 4) is 0 Å². The third kappa shape index (κ3) is 1.42. The van der Waals surface area contributed by atoms with Crippen LogP contribution in [-0.4, -0.2) is 29.7 Å². The van der Waals surface area contributed by atoms with Crippen molar-refractivity contribution in [1.82, 2.24) is 0 Å². The van der Waals surface area contributed by atoms with Crippen molar-refractivity contribution in [1.29, 1.82) is 0 Å². The SMILES string of the molecule is CCOC(=O)[C@]1(C(N)=O)O[C@]1(C)C(C)C. The molecule has 0 aromatic carbocycles. The average Bonchev–Trinajstić information content (AvgIpc) is 2.76. The zero-order chi connectivity index (χ0) is 11.9. The van der Waals surface area contributed by atoms with Gasteiger partial charge in [0.25, 0.3) is 11.5 Å². The molecule has 0 spiro atoms. The van der Waals surface area contributed by atoms with Gasteiger partial charge in [-0.25, -0.2) is 4.79 Å². The van der Waals surface area contributed by atoms with E-state index in [2.05, 4.69) is 0 Å². The van der Waals surface area contributed by atoms with E-state index in [-0.39, 0.29) is 12.5 Å². The van der Waals surface area contributed by atoms with Gasteiger partial charge in [0.1, 0.15) is 5.60 Å². The molecule has 1 saturated heterocycles. The Labute approximate surface area is 88.9 Å². The summed E-state index contributed by atoms with van der Waals surface area (Å²) in [5.74, 6) is -1.46. The van der Waals surface area contributed by atoms with Crippen LogP contribution in [0.3, 0.4) is 0 Å². The van der Waals surface area contributed by atoms with Crippen molar-refractivity contribution in [3.05, 3.63) is 0 Å². The smallest absolute Gasteiger partial charge is 0.351 e. The Balaban J connectivity index is 2.97. The number of rotatable bonds is 4. The zero-order valence-corrected chi connectivity index (χ0v) is 9.49. The quantitative estimate of drug-likeness (QED) is 0.413. The number of carbonyl (C=O) groups excluding carboxylic acids is 2. The fourth-order valence-electron chi connectivity index (χ4n) is 1.69. The number of epoxide rings is 1. The Morgan fingerprint density at radius 1 is 1.47 bits per heavy atom. The zero-order valence-electron chi connectivity index (χ0n) is 9.49. The van der Waals surface area contributed by atoms with Gasteiger partial charge in [0.05, 0.1) is 6.61 Å². The molecule has 15 heavy (non-hydrogen) atoms. The van der Waals surface area contributed by atoms with Crippen LogP contribution in [-0.2, 0) is 19.1 Å². The molecular weight excluding hydrogens is 198 g/mol. The summed E-state index contributed by atoms with van der Waals surface area (Å²) in [6.07, 6.45) is 0. The van der Waals surface area contributed by atoms with Crippen LogP contribution in [0, 0.1) is 5.92 Å². The first-order valence-corrected chi connectivity index (χ1v) is 5.00. The number of esters is 1. The largest absolute Gasteiger partial charge is 0.463 e. The Kier molecular flexibility index (Phi) is 2.78. The monoisotopic (exact) mass is 215 g/mol. The lowest BCUT2D eigenvalue weighted by Gasteiger charge is -2.15. The second-order valence-corrected chi connectivity index (χ2v) is 4.13. The van der Waals surface area contributed by atoms with Gasteiger partial charge in [0, 0.05) is 0 Å². The minimum Gasteiger partial charge on any atom is -0.463 e. The van der Waals surface area contributed by atoms with E-state index in [1.807, 2.05) is 13.8 Å². The van der Waals surface area contributed by atoms with E-state index in [1.54, 1.807) is 13.8 Å². The molecule has 0 radical (unpaired) electrons. The molecule has 0 aromatic heterocycles. The molecule has 1 aliphatic heterocycles. The predicted molar refractivity (Wildman–Crippen MR) is 52.9 cm³/mol. The van der Waals surface area contributed by atoms with Gasteiger partial charge in [0.15, 0.2) is 0 Å². The number of hydrogen-bond donors (Lipinski definition) is 1. The van der Waals surface area contributed by atoms with Gasteiger partial charge in [0.2, 0.25) is 0 Å². The molecule has 0 unspecified atom stereocenters. The molecule has 2 N–H and O–H groups in total. The van der Waals surface area contributed by atoms with Crippen LogP contribution in [0.2, 0.25) is 0 Å². The molecule has 86 valence electrons. The summed E-state index contributed by atoms with van der Waals surface area (Å²) in [4.78, 5) is 23.0. The molecule has 0 saturated carbocycles. The van der Waals surface area contributed by atoms with E-state index in [0.29, 0.717) is 0 Å². The molecule has 0 bridgehead atoms. The maximum Gasteiger partial charge on any atom is 0.351 e. The van der Waals surface area contributed by atoms with E-state index in [0.717, 1.165) is 0 Å². The van der Waals surface area contributed by atoms with Crippen LogP contribution in [0.4, 0.5) is 0 Å². The molecule has 5 heteroatoms. The van der Waals surface area contributed by atoms with Crippen molar-refractivity contribution >= 4 is 11.9 Å². The van der Waals surface area contributed by atoms with E-state index in [9.17, 15) is 9.59 Å². The number of ether oxygens (including phenoxy) is 2. The normalized spacial score (nSPS) is 33.9. The topological polar surface area (TPSA) is 81.9 Å². The summed E-state index contributed by atoms with van der Waals surface area (Å²) in [7, 11) is 0. The summed E-state index contributed by atoms with van der Waals surface area (Å²) in [5.41, 5.74) is 2.78. The van der Waals surface area contributed by atoms with Crippen LogP contribution in [0.15, 0.2) is 0 Å². The van der Waals surface area contributed by atoms with Gasteiger partial charge in [-0.05, 0) is 19.8 Å². The standard InChI is InChI=1S/C10H17NO4/c1-5-14-8(13)10(7(11)12)9(4,15-10)6(2)3/h6H,5H2,1-4H3,(H2,11,12)/t9-,10+/m1/s1. The van der Waals surface area contributed by atoms with Gasteiger partial charge >= 0.3 is 5.97 Å². The summed E-state index contributed by atoms with van der Waals surface area (Å²) in [6, 6.07) is 0. The van der Waals surface area contributed by atoms with Gasteiger partial charge < -0.3 is 15.2 Å². The molecular formula is C10H17NO4. The van der Waals surface area contributed by atoms with Gasteiger partial charge in [-0.3, -0.25) is 4.79 Å². The van der Waals surface area contributed by atoms with Crippen LogP contribution in [0.25, 0.3) is 0 Å². The first-order chi connectivity index (χ1) is 6.83. The Morgan fingerprint density at radius 2 is 2.00 bits per heavy atom. The maximum atomic E-state index is 11.6. The van der Waals surface area contributed by atoms with Gasteiger partial charge in [-0.2, -0.15) is 0 Å². The Morgan fingerprint density at radius 3 is 2.27 bits per heavy atom. The molecule has 0 aliphatic carbocycles. The highest BCUT2D eigenvalue weighted by atomic mass is 16.7. The first kappa shape index (κ1) is 12.0. The summed E-state index contributed by atoms with van der Waals surface area (Å²) in [6.45, 7) is 7.29. The lowest BCUT2D eigenvalue weighted by atomic mass is 9.84. The fourth-order valence-corrected chi connectivity index (χ4v) is 1.69. The summed E-state index contributed by atoms with van der Waals surface area (Å²) in [5, 5.41) is 0. The highest BCUT2D eigenvalue weighted by molar-refractivity contribution is 6.10. The van der Waals surface area contributed by atoms with Crippen LogP contribution in [0.1, 0.15) is 27.7 Å². The molecule has 0 aromatic rings. The second-order valence-electron chi connectivity index (χ2n) is 4.13. The van der Waals surface area contributed by atoms with Crippen molar-refractivity contribution in [2.24, 2.45) is 11.7 Å². The number of amides is 1. The molecule has 1 rings (SSSR count). The Hall–Kier alpha value is -1.10. The summed E-state index contributed by atoms with van der Waals surface area (Å²) < 4.78 is 10.1. The molecule has 5 nitrogen and oxygen atoms in total. The van der Waals surface area contributed by atoms with Crippen LogP contribution < -0.4 is 5.73 Å². The number of nitrogens with two attached hydrogens (primary N) is 1. The van der Waals surface area contributed by atoms with E-state index < -0.39 is 23.1 Å². The average molecular weight is 215 g/mol. The lowest BCUT2D eigenvalue weighted by Crippen LogP contribution is -2.47. The number of primary amides is 1. The van der Waals surface area contributed by atoms with E-state index in [4.69, 9.17) is 15.2 Å². The van der Waals surface area contributed by atoms with E-state index >= 15 is 0 Å². The highest BCUT2D eigenvalue weighted by Gasteiger charge is 2.78. The minimum atomic E-state index is -1.59. The molecule has 2 atom stereocenters. The molecule has 1 aliphatic rings. The van der Waals surface area contributed by atoms with Gasteiger partial charge in [-0.15, -0.1) is 0 Å². The second kappa shape index (κ2) is 3.48. The van der Waals surface area contributed by atoms with Crippen molar-refractivity contribution in [3.63, 3.8) is 0 Å². The van der Waals surface area contributed by atoms with Crippen molar-refractivity contribution < 1.29 is 19.1 Å². The van der Waals surface area contributed by atoms with Crippen LogP contribution in [0.5, 0.6) is 0 Å². The first-order valence-electron chi connectivity index (χ1n) is 5.00. The van der Waals surface area contributed by atoms with Crippen molar-refractivity contribution in [2.45, 2.75) is 38.9 Å². The van der Waals surface area contributed by atoms with Crippen LogP contribution >= 0.6 is 0 Å². The molecule has 1 fully saturated rings. The third-order valence-corrected chi connectivity index (χ3v) is 3.03. The molecule has 1 amide bonds. The van der Waals surface area contributed by atoms with Crippen molar-refractivity contribution in [2.75, 3.05) is 6.61 Å². The maximum absolute atomic E-state index is 11.6. The summed E-state index contributed by atoms with van der Waals surface area (Å²) >= 11 is 0. The van der Waals surface area contributed by atoms with E-state index in [1.165, 1.54) is 0 Å². The molecule has 1 heterocycles.